The largest absolute Gasteiger partial charge is 0.459 e. The lowest BCUT2D eigenvalue weighted by Gasteiger charge is -2.07. The number of nitrogens with one attached hydrogen (secondary N) is 1. The Morgan fingerprint density at radius 1 is 0.964 bits per heavy atom. The minimum Gasteiger partial charge on any atom is -0.459 e. The highest BCUT2D eigenvalue weighted by Crippen LogP contribution is 2.26. The Morgan fingerprint density at radius 2 is 1.75 bits per heavy atom. The van der Waals surface area contributed by atoms with Gasteiger partial charge < -0.3 is 14.5 Å². The summed E-state index contributed by atoms with van der Waals surface area (Å²) in [7, 11) is 0. The average Bonchev–Trinajstić information content (AvgIpc) is 3.22. The van der Waals surface area contributed by atoms with Crippen LogP contribution in [-0.4, -0.2) is 10.9 Å². The van der Waals surface area contributed by atoms with Crippen molar-refractivity contribution in [2.75, 3.05) is 5.32 Å². The molecular formula is C22H15FN2O3. The first kappa shape index (κ1) is 17.5. The number of anilines is 1. The summed E-state index contributed by atoms with van der Waals surface area (Å²) in [4.78, 5) is 16.7. The number of furan rings is 1. The van der Waals surface area contributed by atoms with E-state index in [1.165, 1.54) is 36.7 Å². The van der Waals surface area contributed by atoms with Crippen LogP contribution in [0.5, 0.6) is 11.6 Å². The lowest BCUT2D eigenvalue weighted by molar-refractivity contribution is 0.0997. The maximum atomic E-state index is 12.9. The first-order valence-electron chi connectivity index (χ1n) is 8.53. The predicted molar refractivity (Wildman–Crippen MR) is 103 cm³/mol. The van der Waals surface area contributed by atoms with Crippen molar-refractivity contribution >= 4 is 11.6 Å². The molecule has 2 aromatic carbocycles. The number of benzene rings is 2. The van der Waals surface area contributed by atoms with Gasteiger partial charge in [-0.05, 0) is 42.0 Å². The molecule has 0 aliphatic carbocycles. The van der Waals surface area contributed by atoms with Crippen LogP contribution < -0.4 is 10.1 Å². The molecule has 0 aliphatic heterocycles. The zero-order valence-corrected chi connectivity index (χ0v) is 14.6. The van der Waals surface area contributed by atoms with Crippen molar-refractivity contribution in [3.63, 3.8) is 0 Å². The Kier molecular flexibility index (Phi) is 4.84. The Hall–Kier alpha value is -3.93. The third-order valence-electron chi connectivity index (χ3n) is 3.99. The summed E-state index contributed by atoms with van der Waals surface area (Å²) in [5.74, 6) is 0.295. The van der Waals surface area contributed by atoms with Gasteiger partial charge in [-0.15, -0.1) is 0 Å². The van der Waals surface area contributed by atoms with Gasteiger partial charge in [-0.3, -0.25) is 4.79 Å². The van der Waals surface area contributed by atoms with Gasteiger partial charge in [0.2, 0.25) is 5.88 Å². The molecule has 0 aliphatic rings. The second kappa shape index (κ2) is 7.75. The van der Waals surface area contributed by atoms with Crippen LogP contribution in [0.25, 0.3) is 11.1 Å². The SMILES string of the molecule is O=C(Nc1ccc(Oc2ccc(F)cc2)nc1)c1occc1-c1ccccc1. The Labute approximate surface area is 160 Å². The van der Waals surface area contributed by atoms with E-state index in [9.17, 15) is 9.18 Å². The van der Waals surface area contributed by atoms with E-state index < -0.39 is 0 Å². The van der Waals surface area contributed by atoms with Gasteiger partial charge in [0, 0.05) is 11.6 Å². The first-order valence-corrected chi connectivity index (χ1v) is 8.53. The average molecular weight is 374 g/mol. The predicted octanol–water partition coefficient (Wildman–Crippen LogP) is 5.53. The number of hydrogen-bond donors (Lipinski definition) is 1. The van der Waals surface area contributed by atoms with Crippen LogP contribution in [-0.2, 0) is 0 Å². The fraction of sp³-hybridized carbons (Fsp3) is 0. The van der Waals surface area contributed by atoms with Crippen molar-refractivity contribution in [2.24, 2.45) is 0 Å². The van der Waals surface area contributed by atoms with Crippen molar-refractivity contribution < 1.29 is 18.3 Å². The van der Waals surface area contributed by atoms with Gasteiger partial charge in [-0.1, -0.05) is 30.3 Å². The molecule has 5 nitrogen and oxygen atoms in total. The van der Waals surface area contributed by atoms with Crippen molar-refractivity contribution in [3.05, 3.63) is 96.8 Å². The van der Waals surface area contributed by atoms with Crippen LogP contribution in [0.1, 0.15) is 10.6 Å². The normalized spacial score (nSPS) is 10.5. The number of amides is 1. The maximum absolute atomic E-state index is 12.9. The fourth-order valence-corrected chi connectivity index (χ4v) is 2.66. The van der Waals surface area contributed by atoms with Gasteiger partial charge in [0.05, 0.1) is 18.1 Å². The van der Waals surface area contributed by atoms with E-state index >= 15 is 0 Å². The van der Waals surface area contributed by atoms with E-state index in [0.29, 0.717) is 22.9 Å². The van der Waals surface area contributed by atoms with Gasteiger partial charge in [-0.2, -0.15) is 0 Å². The van der Waals surface area contributed by atoms with E-state index in [-0.39, 0.29) is 17.5 Å². The number of rotatable bonds is 5. The summed E-state index contributed by atoms with van der Waals surface area (Å²) in [6, 6.07) is 20.2. The number of pyridine rings is 1. The number of hydrogen-bond acceptors (Lipinski definition) is 4. The Balaban J connectivity index is 1.46. The van der Waals surface area contributed by atoms with Crippen LogP contribution in [0.4, 0.5) is 10.1 Å². The molecule has 138 valence electrons. The summed E-state index contributed by atoms with van der Waals surface area (Å²) in [5, 5.41) is 2.75. The van der Waals surface area contributed by atoms with Crippen LogP contribution in [0, 0.1) is 5.82 Å². The smallest absolute Gasteiger partial charge is 0.292 e. The topological polar surface area (TPSA) is 64.4 Å². The number of nitrogens with zero attached hydrogens (tertiary/aromatic N) is 1. The molecule has 28 heavy (non-hydrogen) atoms. The Bertz CT molecular complexity index is 1070. The summed E-state index contributed by atoms with van der Waals surface area (Å²) >= 11 is 0. The van der Waals surface area contributed by atoms with E-state index in [4.69, 9.17) is 9.15 Å². The van der Waals surface area contributed by atoms with Gasteiger partial charge in [0.1, 0.15) is 11.6 Å². The molecule has 0 saturated carbocycles. The molecule has 4 aromatic rings. The molecule has 1 N–H and O–H groups in total. The third-order valence-corrected chi connectivity index (χ3v) is 3.99. The van der Waals surface area contributed by atoms with Gasteiger partial charge in [-0.25, -0.2) is 9.37 Å². The van der Waals surface area contributed by atoms with E-state index in [1.54, 1.807) is 18.2 Å². The highest BCUT2D eigenvalue weighted by atomic mass is 19.1. The molecule has 0 saturated heterocycles. The highest BCUT2D eigenvalue weighted by molar-refractivity contribution is 6.06. The Morgan fingerprint density at radius 3 is 2.46 bits per heavy atom. The summed E-state index contributed by atoms with van der Waals surface area (Å²) in [6.45, 7) is 0. The first-order chi connectivity index (χ1) is 13.7. The van der Waals surface area contributed by atoms with Crippen molar-refractivity contribution in [1.82, 2.24) is 4.98 Å². The standard InChI is InChI=1S/C22H15FN2O3/c23-16-6-9-18(10-7-16)28-20-11-8-17(14-24-20)25-22(26)21-19(12-13-27-21)15-4-2-1-3-5-15/h1-14H,(H,25,26). The zero-order chi connectivity index (χ0) is 19.3. The molecular weight excluding hydrogens is 359 g/mol. The molecule has 1 amide bonds. The fourth-order valence-electron chi connectivity index (χ4n) is 2.66. The minimum absolute atomic E-state index is 0.220. The maximum Gasteiger partial charge on any atom is 0.292 e. The molecule has 0 spiro atoms. The van der Waals surface area contributed by atoms with Gasteiger partial charge in [0.15, 0.2) is 5.76 Å². The molecule has 6 heteroatoms. The third kappa shape index (κ3) is 3.91. The zero-order valence-electron chi connectivity index (χ0n) is 14.6. The molecule has 2 aromatic heterocycles. The number of carbonyl (C=O) groups excluding carboxylic acids is 1. The van der Waals surface area contributed by atoms with Crippen LogP contribution in [0.15, 0.2) is 89.7 Å². The number of ether oxygens (including phenoxy) is 1. The monoisotopic (exact) mass is 374 g/mol. The summed E-state index contributed by atoms with van der Waals surface area (Å²) in [5.41, 5.74) is 2.09. The van der Waals surface area contributed by atoms with Crippen molar-refractivity contribution in [1.29, 1.82) is 0 Å². The second-order valence-electron chi connectivity index (χ2n) is 5.92. The molecule has 2 heterocycles. The lowest BCUT2D eigenvalue weighted by atomic mass is 10.1. The van der Waals surface area contributed by atoms with E-state index in [2.05, 4.69) is 10.3 Å². The molecule has 4 rings (SSSR count). The number of halogens is 1. The molecule has 0 fully saturated rings. The molecule has 0 unspecified atom stereocenters. The van der Waals surface area contributed by atoms with Crippen molar-refractivity contribution in [3.8, 4) is 22.8 Å². The minimum atomic E-state index is -0.377. The van der Waals surface area contributed by atoms with Crippen LogP contribution in [0.3, 0.4) is 0 Å². The lowest BCUT2D eigenvalue weighted by Crippen LogP contribution is -2.12. The van der Waals surface area contributed by atoms with Crippen molar-refractivity contribution in [2.45, 2.75) is 0 Å². The van der Waals surface area contributed by atoms with E-state index in [1.807, 2.05) is 30.3 Å². The van der Waals surface area contributed by atoms with Crippen LogP contribution >= 0.6 is 0 Å². The number of carbonyl (C=O) groups is 1. The second-order valence-corrected chi connectivity index (χ2v) is 5.92. The quantitative estimate of drug-likeness (QED) is 0.499. The number of aromatic nitrogens is 1. The van der Waals surface area contributed by atoms with Crippen LogP contribution in [0.2, 0.25) is 0 Å². The highest BCUT2D eigenvalue weighted by Gasteiger charge is 2.17. The summed E-state index contributed by atoms with van der Waals surface area (Å²) < 4.78 is 23.8. The van der Waals surface area contributed by atoms with Gasteiger partial charge >= 0.3 is 0 Å². The molecule has 0 radical (unpaired) electrons. The summed E-state index contributed by atoms with van der Waals surface area (Å²) in [6.07, 6.45) is 2.96. The van der Waals surface area contributed by atoms with Gasteiger partial charge in [0.25, 0.3) is 5.91 Å². The molecule has 0 atom stereocenters. The van der Waals surface area contributed by atoms with E-state index in [0.717, 1.165) is 5.56 Å². The molecule has 0 bridgehead atoms.